The molecule has 0 aliphatic heterocycles. The Bertz CT molecular complexity index is 346. The Balaban J connectivity index is 3.00. The van der Waals surface area contributed by atoms with Gasteiger partial charge in [0.05, 0.1) is 6.61 Å². The van der Waals surface area contributed by atoms with E-state index >= 15 is 0 Å². The molecule has 1 aromatic heterocycles. The van der Waals surface area contributed by atoms with Gasteiger partial charge in [0.2, 0.25) is 0 Å². The molecular formula is C9H15N3O3. The third kappa shape index (κ3) is 2.68. The van der Waals surface area contributed by atoms with E-state index in [9.17, 15) is 4.79 Å². The van der Waals surface area contributed by atoms with E-state index in [2.05, 4.69) is 10.2 Å². The van der Waals surface area contributed by atoms with Crippen LogP contribution in [0.2, 0.25) is 0 Å². The zero-order valence-corrected chi connectivity index (χ0v) is 9.10. The van der Waals surface area contributed by atoms with Crippen molar-refractivity contribution in [2.24, 2.45) is 0 Å². The smallest absolute Gasteiger partial charge is 0.317 e. The highest BCUT2D eigenvalue weighted by Gasteiger charge is 2.17. The zero-order valence-electron chi connectivity index (χ0n) is 9.10. The van der Waals surface area contributed by atoms with Crippen LogP contribution in [-0.4, -0.2) is 32.4 Å². The van der Waals surface area contributed by atoms with Crippen molar-refractivity contribution in [3.05, 3.63) is 5.82 Å². The number of carbonyl (C=O) groups is 1. The number of carboxylic acid groups (broad SMARTS) is 1. The molecular weight excluding hydrogens is 198 g/mol. The van der Waals surface area contributed by atoms with Crippen molar-refractivity contribution in [3.63, 3.8) is 0 Å². The maximum atomic E-state index is 10.6. The number of hydrogen-bond acceptors (Lipinski definition) is 4. The summed E-state index contributed by atoms with van der Waals surface area (Å²) in [4.78, 5) is 10.6. The predicted molar refractivity (Wildman–Crippen MR) is 52.9 cm³/mol. The van der Waals surface area contributed by atoms with Crippen molar-refractivity contribution in [2.75, 3.05) is 6.61 Å². The molecule has 0 bridgehead atoms. The highest BCUT2D eigenvalue weighted by molar-refractivity contribution is 5.69. The fraction of sp³-hybridized carbons (Fsp3) is 0.667. The first-order valence-corrected chi connectivity index (χ1v) is 4.84. The second-order valence-electron chi connectivity index (χ2n) is 3.37. The molecule has 0 aromatic carbocycles. The average Bonchev–Trinajstić information content (AvgIpc) is 2.47. The van der Waals surface area contributed by atoms with Gasteiger partial charge < -0.3 is 9.84 Å². The summed E-state index contributed by atoms with van der Waals surface area (Å²) in [6, 6.07) is 0.458. The zero-order chi connectivity index (χ0) is 11.4. The standard InChI is InChI=1S/C9H15N3O3/c1-4-15-9-11-10-7(5-8(13)14)12(9)6(2)3/h6H,4-5H2,1-3H3,(H,13,14). The first-order valence-electron chi connectivity index (χ1n) is 4.84. The van der Waals surface area contributed by atoms with E-state index in [-0.39, 0.29) is 12.5 Å². The van der Waals surface area contributed by atoms with Gasteiger partial charge in [0.15, 0.2) is 0 Å². The SMILES string of the molecule is CCOc1nnc(CC(=O)O)n1C(C)C. The van der Waals surface area contributed by atoms with Crippen molar-refractivity contribution >= 4 is 5.97 Å². The van der Waals surface area contributed by atoms with Crippen molar-refractivity contribution in [1.29, 1.82) is 0 Å². The van der Waals surface area contributed by atoms with Gasteiger partial charge in [-0.05, 0) is 20.8 Å². The normalized spacial score (nSPS) is 10.7. The van der Waals surface area contributed by atoms with Gasteiger partial charge in [-0.15, -0.1) is 5.10 Å². The number of carboxylic acids is 1. The molecule has 0 fully saturated rings. The third-order valence-electron chi connectivity index (χ3n) is 1.83. The van der Waals surface area contributed by atoms with E-state index in [1.54, 1.807) is 4.57 Å². The minimum absolute atomic E-state index is 0.0795. The summed E-state index contributed by atoms with van der Waals surface area (Å²) < 4.78 is 6.95. The molecule has 15 heavy (non-hydrogen) atoms. The lowest BCUT2D eigenvalue weighted by Crippen LogP contribution is -2.12. The quantitative estimate of drug-likeness (QED) is 0.785. The van der Waals surface area contributed by atoms with Gasteiger partial charge in [-0.3, -0.25) is 9.36 Å². The van der Waals surface area contributed by atoms with Crippen LogP contribution in [0.4, 0.5) is 0 Å². The number of ether oxygens (including phenoxy) is 1. The first kappa shape index (κ1) is 11.5. The molecule has 6 heteroatoms. The highest BCUT2D eigenvalue weighted by Crippen LogP contribution is 2.17. The van der Waals surface area contributed by atoms with Crippen molar-refractivity contribution in [1.82, 2.24) is 14.8 Å². The van der Waals surface area contributed by atoms with Crippen LogP contribution in [0.15, 0.2) is 0 Å². The fourth-order valence-corrected chi connectivity index (χ4v) is 1.31. The topological polar surface area (TPSA) is 77.2 Å². The lowest BCUT2D eigenvalue weighted by molar-refractivity contribution is -0.136. The molecule has 0 spiro atoms. The van der Waals surface area contributed by atoms with Crippen LogP contribution in [0.3, 0.4) is 0 Å². The summed E-state index contributed by atoms with van der Waals surface area (Å²) in [6.07, 6.45) is -0.141. The van der Waals surface area contributed by atoms with Crippen LogP contribution < -0.4 is 4.74 Å². The Morgan fingerprint density at radius 1 is 1.53 bits per heavy atom. The summed E-state index contributed by atoms with van der Waals surface area (Å²) in [5.41, 5.74) is 0. The minimum atomic E-state index is -0.924. The molecule has 0 saturated heterocycles. The Hall–Kier alpha value is -1.59. The van der Waals surface area contributed by atoms with Crippen LogP contribution in [0, 0.1) is 0 Å². The summed E-state index contributed by atoms with van der Waals surface area (Å²) in [5, 5.41) is 16.3. The number of aliphatic carboxylic acids is 1. The van der Waals surface area contributed by atoms with Crippen molar-refractivity contribution in [2.45, 2.75) is 33.2 Å². The van der Waals surface area contributed by atoms with E-state index in [0.717, 1.165) is 0 Å². The lowest BCUT2D eigenvalue weighted by atomic mass is 10.3. The van der Waals surface area contributed by atoms with E-state index in [1.807, 2.05) is 20.8 Å². The minimum Gasteiger partial charge on any atom is -0.481 e. The molecule has 0 saturated carbocycles. The molecule has 0 radical (unpaired) electrons. The molecule has 1 N–H and O–H groups in total. The van der Waals surface area contributed by atoms with E-state index in [1.165, 1.54) is 0 Å². The lowest BCUT2D eigenvalue weighted by Gasteiger charge is -2.12. The van der Waals surface area contributed by atoms with Crippen LogP contribution in [0.25, 0.3) is 0 Å². The summed E-state index contributed by atoms with van der Waals surface area (Å²) >= 11 is 0. The Kier molecular flexibility index (Phi) is 3.65. The van der Waals surface area contributed by atoms with E-state index < -0.39 is 5.97 Å². The number of hydrogen-bond donors (Lipinski definition) is 1. The molecule has 0 aliphatic carbocycles. The monoisotopic (exact) mass is 213 g/mol. The maximum absolute atomic E-state index is 10.6. The van der Waals surface area contributed by atoms with Crippen molar-refractivity contribution < 1.29 is 14.6 Å². The average molecular weight is 213 g/mol. The second kappa shape index (κ2) is 4.77. The number of rotatable bonds is 5. The van der Waals surface area contributed by atoms with Gasteiger partial charge in [0.1, 0.15) is 12.2 Å². The molecule has 6 nitrogen and oxygen atoms in total. The molecule has 1 rings (SSSR count). The Morgan fingerprint density at radius 3 is 2.67 bits per heavy atom. The van der Waals surface area contributed by atoms with Gasteiger partial charge in [0, 0.05) is 6.04 Å². The number of nitrogens with zero attached hydrogens (tertiary/aromatic N) is 3. The molecule has 0 amide bonds. The number of aromatic nitrogens is 3. The Morgan fingerprint density at radius 2 is 2.20 bits per heavy atom. The Labute approximate surface area is 87.9 Å². The van der Waals surface area contributed by atoms with Gasteiger partial charge in [-0.2, -0.15) is 0 Å². The molecule has 1 heterocycles. The summed E-state index contributed by atoms with van der Waals surface area (Å²) in [6.45, 7) is 6.18. The third-order valence-corrected chi connectivity index (χ3v) is 1.83. The second-order valence-corrected chi connectivity index (χ2v) is 3.37. The summed E-state index contributed by atoms with van der Waals surface area (Å²) in [5.74, 6) is -0.506. The van der Waals surface area contributed by atoms with Crippen LogP contribution in [-0.2, 0) is 11.2 Å². The van der Waals surface area contributed by atoms with Crippen LogP contribution in [0.5, 0.6) is 6.01 Å². The van der Waals surface area contributed by atoms with Gasteiger partial charge in [0.25, 0.3) is 0 Å². The van der Waals surface area contributed by atoms with E-state index in [0.29, 0.717) is 18.4 Å². The van der Waals surface area contributed by atoms with Crippen LogP contribution >= 0.6 is 0 Å². The van der Waals surface area contributed by atoms with Gasteiger partial charge >= 0.3 is 12.0 Å². The highest BCUT2D eigenvalue weighted by atomic mass is 16.5. The van der Waals surface area contributed by atoms with Gasteiger partial charge in [-0.25, -0.2) is 0 Å². The largest absolute Gasteiger partial charge is 0.481 e. The molecule has 0 unspecified atom stereocenters. The maximum Gasteiger partial charge on any atom is 0.317 e. The summed E-state index contributed by atoms with van der Waals surface area (Å²) in [7, 11) is 0. The molecule has 0 atom stereocenters. The fourth-order valence-electron chi connectivity index (χ4n) is 1.31. The molecule has 1 aromatic rings. The molecule has 84 valence electrons. The first-order chi connectivity index (χ1) is 7.06. The van der Waals surface area contributed by atoms with Crippen molar-refractivity contribution in [3.8, 4) is 6.01 Å². The van der Waals surface area contributed by atoms with E-state index in [4.69, 9.17) is 9.84 Å². The van der Waals surface area contributed by atoms with Gasteiger partial charge in [-0.1, -0.05) is 5.10 Å². The van der Waals surface area contributed by atoms with Crippen LogP contribution in [0.1, 0.15) is 32.6 Å². The molecule has 0 aliphatic rings. The predicted octanol–water partition coefficient (Wildman–Crippen LogP) is 0.885.